The van der Waals surface area contributed by atoms with E-state index >= 15 is 4.39 Å². The topological polar surface area (TPSA) is 138 Å². The van der Waals surface area contributed by atoms with E-state index in [1.165, 1.54) is 23.4 Å². The van der Waals surface area contributed by atoms with Crippen molar-refractivity contribution in [3.63, 3.8) is 0 Å². The van der Waals surface area contributed by atoms with Crippen LogP contribution in [0.3, 0.4) is 0 Å². The van der Waals surface area contributed by atoms with Crippen LogP contribution in [0, 0.1) is 5.82 Å². The lowest BCUT2D eigenvalue weighted by Crippen LogP contribution is -2.37. The lowest BCUT2D eigenvalue weighted by Gasteiger charge is -2.28. The van der Waals surface area contributed by atoms with Gasteiger partial charge in [0.2, 0.25) is 0 Å². The van der Waals surface area contributed by atoms with Gasteiger partial charge in [-0.2, -0.15) is 0 Å². The number of aromatic nitrogens is 5. The van der Waals surface area contributed by atoms with Gasteiger partial charge in [0.1, 0.15) is 17.7 Å². The Labute approximate surface area is 252 Å². The van der Waals surface area contributed by atoms with Crippen LogP contribution in [0.25, 0.3) is 33.5 Å². The predicted octanol–water partition coefficient (Wildman–Crippen LogP) is 4.47. The molecule has 13 heteroatoms. The number of morpholine rings is 1. The first-order chi connectivity index (χ1) is 21.4. The van der Waals surface area contributed by atoms with E-state index in [2.05, 4.69) is 35.5 Å². The zero-order valence-corrected chi connectivity index (χ0v) is 24.0. The third-order valence-electron chi connectivity index (χ3n) is 6.99. The van der Waals surface area contributed by atoms with E-state index in [-0.39, 0.29) is 23.0 Å². The Hall–Kier alpha value is -5.56. The van der Waals surface area contributed by atoms with E-state index in [4.69, 9.17) is 9.72 Å². The van der Waals surface area contributed by atoms with E-state index in [1.807, 2.05) is 6.07 Å². The minimum Gasteiger partial charge on any atom is -0.378 e. The van der Waals surface area contributed by atoms with Gasteiger partial charge in [0.15, 0.2) is 11.6 Å². The van der Waals surface area contributed by atoms with Gasteiger partial charge >= 0.3 is 6.03 Å². The molecule has 1 aliphatic heterocycles. The number of carbonyl (C=O) groups excluding carboxylic acids is 2. The Morgan fingerprint density at radius 3 is 2.30 bits per heavy atom. The summed E-state index contributed by atoms with van der Waals surface area (Å²) in [6.45, 7) is 2.29. The van der Waals surface area contributed by atoms with Crippen molar-refractivity contribution in [1.29, 1.82) is 0 Å². The highest BCUT2D eigenvalue weighted by Crippen LogP contribution is 2.31. The van der Waals surface area contributed by atoms with Crippen LogP contribution >= 0.6 is 0 Å². The van der Waals surface area contributed by atoms with Gasteiger partial charge in [0.05, 0.1) is 24.3 Å². The molecule has 0 saturated carbocycles. The van der Waals surface area contributed by atoms with Gasteiger partial charge in [0.25, 0.3) is 5.91 Å². The quantitative estimate of drug-likeness (QED) is 0.292. The van der Waals surface area contributed by atoms with Crippen molar-refractivity contribution in [2.24, 2.45) is 0 Å². The van der Waals surface area contributed by atoms with Crippen LogP contribution in [0.1, 0.15) is 10.4 Å². The highest BCUT2D eigenvalue weighted by Gasteiger charge is 2.21. The molecule has 4 heterocycles. The van der Waals surface area contributed by atoms with Gasteiger partial charge < -0.3 is 25.2 Å². The van der Waals surface area contributed by atoms with Crippen LogP contribution in [0.5, 0.6) is 0 Å². The molecular weight excluding hydrogens is 565 g/mol. The lowest BCUT2D eigenvalue weighted by molar-refractivity contribution is 0.0827. The van der Waals surface area contributed by atoms with E-state index < -0.39 is 11.8 Å². The SMILES string of the molecule is CN(C)C(=O)c1ccc(NC(=O)Nc2ccc(-c3nc(N4CCOCC4)c4ncc(-c5cncnc5)cc4n3)c(F)c2)cc1. The van der Waals surface area contributed by atoms with Crippen molar-refractivity contribution in [3.8, 4) is 22.5 Å². The number of fused-ring (bicyclic) bond motifs is 1. The smallest absolute Gasteiger partial charge is 0.323 e. The molecular formula is C31H28FN9O3. The van der Waals surface area contributed by atoms with Crippen molar-refractivity contribution in [1.82, 2.24) is 29.8 Å². The number of ether oxygens (including phenoxy) is 1. The molecule has 5 aromatic rings. The van der Waals surface area contributed by atoms with Gasteiger partial charge in [-0.1, -0.05) is 0 Å². The summed E-state index contributed by atoms with van der Waals surface area (Å²) in [5.41, 5.74) is 4.04. The molecule has 3 aromatic heterocycles. The monoisotopic (exact) mass is 593 g/mol. The maximum atomic E-state index is 15.6. The maximum absolute atomic E-state index is 15.6. The summed E-state index contributed by atoms with van der Waals surface area (Å²) in [4.78, 5) is 50.5. The predicted molar refractivity (Wildman–Crippen MR) is 164 cm³/mol. The summed E-state index contributed by atoms with van der Waals surface area (Å²) in [6, 6.07) is 12.1. The number of nitrogens with zero attached hydrogens (tertiary/aromatic N) is 7. The molecule has 222 valence electrons. The Kier molecular flexibility index (Phi) is 8.02. The molecule has 0 radical (unpaired) electrons. The number of hydrogen-bond donors (Lipinski definition) is 2. The number of hydrogen-bond acceptors (Lipinski definition) is 9. The van der Waals surface area contributed by atoms with Crippen LogP contribution in [-0.4, -0.2) is 82.2 Å². The zero-order valence-electron chi connectivity index (χ0n) is 24.0. The van der Waals surface area contributed by atoms with Crippen LogP contribution in [0.2, 0.25) is 0 Å². The Balaban J connectivity index is 1.27. The fraction of sp³-hybridized carbons (Fsp3) is 0.194. The van der Waals surface area contributed by atoms with Crippen molar-refractivity contribution in [2.75, 3.05) is 55.9 Å². The average Bonchev–Trinajstić information content (AvgIpc) is 3.05. The highest BCUT2D eigenvalue weighted by molar-refractivity contribution is 6.00. The van der Waals surface area contributed by atoms with Crippen molar-refractivity contribution in [3.05, 3.63) is 84.8 Å². The zero-order chi connectivity index (χ0) is 30.6. The fourth-order valence-corrected chi connectivity index (χ4v) is 4.75. The molecule has 0 atom stereocenters. The molecule has 44 heavy (non-hydrogen) atoms. The number of halogens is 1. The van der Waals surface area contributed by atoms with Crippen molar-refractivity contribution in [2.45, 2.75) is 0 Å². The molecule has 1 fully saturated rings. The van der Waals surface area contributed by atoms with Gasteiger partial charge in [-0.3, -0.25) is 9.78 Å². The highest BCUT2D eigenvalue weighted by atomic mass is 19.1. The molecule has 0 bridgehead atoms. The second kappa shape index (κ2) is 12.4. The van der Waals surface area contributed by atoms with E-state index in [0.717, 1.165) is 11.1 Å². The Morgan fingerprint density at radius 2 is 1.59 bits per heavy atom. The molecule has 12 nitrogen and oxygen atoms in total. The third kappa shape index (κ3) is 6.13. The summed E-state index contributed by atoms with van der Waals surface area (Å²) in [7, 11) is 3.33. The van der Waals surface area contributed by atoms with E-state index in [0.29, 0.717) is 54.4 Å². The number of carbonyl (C=O) groups is 2. The lowest BCUT2D eigenvalue weighted by atomic mass is 10.1. The molecule has 0 spiro atoms. The molecule has 2 aromatic carbocycles. The summed E-state index contributed by atoms with van der Waals surface area (Å²) in [5, 5.41) is 5.31. The van der Waals surface area contributed by atoms with Crippen LogP contribution in [-0.2, 0) is 4.74 Å². The van der Waals surface area contributed by atoms with Crippen LogP contribution in [0.4, 0.5) is 26.4 Å². The molecule has 6 rings (SSSR count). The van der Waals surface area contributed by atoms with Gasteiger partial charge in [-0.25, -0.2) is 29.1 Å². The summed E-state index contributed by atoms with van der Waals surface area (Å²) < 4.78 is 21.1. The average molecular weight is 594 g/mol. The molecule has 2 N–H and O–H groups in total. The third-order valence-corrected chi connectivity index (χ3v) is 6.99. The number of nitrogens with one attached hydrogen (secondary N) is 2. The molecule has 0 unspecified atom stereocenters. The first-order valence-electron chi connectivity index (χ1n) is 13.8. The fourth-order valence-electron chi connectivity index (χ4n) is 4.75. The number of rotatable bonds is 6. The van der Waals surface area contributed by atoms with Gasteiger partial charge in [-0.15, -0.1) is 0 Å². The number of anilines is 3. The minimum atomic E-state index is -0.609. The van der Waals surface area contributed by atoms with E-state index in [1.54, 1.807) is 63.0 Å². The van der Waals surface area contributed by atoms with Gasteiger partial charge in [0, 0.05) is 73.8 Å². The second-order valence-electron chi connectivity index (χ2n) is 10.2. The maximum Gasteiger partial charge on any atom is 0.323 e. The molecule has 3 amide bonds. The largest absolute Gasteiger partial charge is 0.378 e. The number of amides is 3. The Bertz CT molecular complexity index is 1830. The number of pyridine rings is 1. The number of urea groups is 1. The molecule has 0 aliphatic carbocycles. The minimum absolute atomic E-state index is 0.147. The molecule has 1 aliphatic rings. The Morgan fingerprint density at radius 1 is 0.886 bits per heavy atom. The standard InChI is InChI=1S/C31H28FN9O3/c1-40(2)30(42)19-3-5-22(6-4-19)36-31(43)37-23-7-8-24(25(32)14-23)28-38-26-13-20(21-15-33-18-34-16-21)17-35-27(26)29(39-28)41-9-11-44-12-10-41/h3-8,13-18H,9-12H2,1-2H3,(H2,36,37,43). The van der Waals surface area contributed by atoms with Crippen LogP contribution in [0.15, 0.2) is 73.4 Å². The van der Waals surface area contributed by atoms with Crippen LogP contribution < -0.4 is 15.5 Å². The summed E-state index contributed by atoms with van der Waals surface area (Å²) in [6.07, 6.45) is 6.54. The number of benzene rings is 2. The summed E-state index contributed by atoms with van der Waals surface area (Å²) in [5.74, 6) is 0.0142. The van der Waals surface area contributed by atoms with Crippen molar-refractivity contribution >= 4 is 40.2 Å². The van der Waals surface area contributed by atoms with Gasteiger partial charge in [-0.05, 0) is 48.5 Å². The second-order valence-corrected chi connectivity index (χ2v) is 10.2. The summed E-state index contributed by atoms with van der Waals surface area (Å²) >= 11 is 0. The van der Waals surface area contributed by atoms with E-state index in [9.17, 15) is 9.59 Å². The normalized spacial score (nSPS) is 13.0. The first-order valence-corrected chi connectivity index (χ1v) is 13.8. The van der Waals surface area contributed by atoms with Crippen molar-refractivity contribution < 1.29 is 18.7 Å². The molecule has 1 saturated heterocycles. The first kappa shape index (κ1) is 28.6.